The van der Waals surface area contributed by atoms with Crippen LogP contribution in [0.3, 0.4) is 0 Å². The molecule has 2 aliphatic heterocycles. The average Bonchev–Trinajstić information content (AvgIpc) is 3.85. The number of amides is 1. The molecule has 0 radical (unpaired) electrons. The minimum Gasteiger partial charge on any atom is -0.491 e. The Morgan fingerprint density at radius 1 is 0.882 bits per heavy atom. The molecule has 10 heteroatoms. The molecule has 1 amide bonds. The fourth-order valence-electron chi connectivity index (χ4n) is 5.08. The first-order chi connectivity index (χ1) is 24.9. The number of nitrogens with zero attached hydrogens (tertiary/aromatic N) is 4. The molecule has 2 fully saturated rings. The van der Waals surface area contributed by atoms with Crippen LogP contribution in [-0.2, 0) is 26.6 Å². The quantitative estimate of drug-likeness (QED) is 0.136. The van der Waals surface area contributed by atoms with Crippen molar-refractivity contribution < 1.29 is 19.0 Å². The molecule has 2 saturated heterocycles. The summed E-state index contributed by atoms with van der Waals surface area (Å²) in [5.74, 6) is -0.329. The zero-order valence-corrected chi connectivity index (χ0v) is 34.8. The lowest BCUT2D eigenvalue weighted by molar-refractivity contribution is -0.189. The third kappa shape index (κ3) is 17.5. The van der Waals surface area contributed by atoms with Crippen LogP contribution in [-0.4, -0.2) is 66.4 Å². The number of carbonyl (C=O) groups is 1. The molecule has 2 atom stereocenters. The SMILES string of the molecule is CC.CC.CC.CCC.CCCCCCC.O=CN1CCN(c2ccc(OCC3COC(Cn4ccnc4)(c4ccc(Cl)cc4Cl)O3)cc2)CC1. The summed E-state index contributed by atoms with van der Waals surface area (Å²) in [4.78, 5) is 19.1. The number of anilines is 1. The van der Waals surface area contributed by atoms with Gasteiger partial charge >= 0.3 is 0 Å². The molecule has 8 nitrogen and oxygen atoms in total. The summed E-state index contributed by atoms with van der Waals surface area (Å²) >= 11 is 12.6. The first-order valence-corrected chi connectivity index (χ1v) is 20.0. The van der Waals surface area contributed by atoms with Gasteiger partial charge < -0.3 is 28.6 Å². The van der Waals surface area contributed by atoms with Crippen LogP contribution < -0.4 is 9.64 Å². The molecule has 1 aromatic heterocycles. The Bertz CT molecular complexity index is 1230. The molecular formula is C41H68Cl2N4O4. The van der Waals surface area contributed by atoms with Crippen LogP contribution in [0.5, 0.6) is 5.75 Å². The maximum absolute atomic E-state index is 10.9. The predicted octanol–water partition coefficient (Wildman–Crippen LogP) is 11.3. The second-order valence-corrected chi connectivity index (χ2v) is 12.2. The van der Waals surface area contributed by atoms with E-state index in [2.05, 4.69) is 37.6 Å². The highest BCUT2D eigenvalue weighted by Gasteiger charge is 2.45. The summed E-state index contributed by atoms with van der Waals surface area (Å²) in [6.07, 6.45) is 14.1. The third-order valence-electron chi connectivity index (χ3n) is 7.46. The number of hydrogen-bond acceptors (Lipinski definition) is 6. The molecule has 2 unspecified atom stereocenters. The molecule has 3 heterocycles. The third-order valence-corrected chi connectivity index (χ3v) is 8.01. The highest BCUT2D eigenvalue weighted by Crippen LogP contribution is 2.40. The van der Waals surface area contributed by atoms with E-state index in [0.717, 1.165) is 44.0 Å². The number of rotatable bonds is 12. The number of unbranched alkanes of at least 4 members (excludes halogenated alkanes) is 4. The molecule has 2 aromatic carbocycles. The lowest BCUT2D eigenvalue weighted by Crippen LogP contribution is -2.45. The second-order valence-electron chi connectivity index (χ2n) is 11.4. The Hall–Kier alpha value is -2.78. The van der Waals surface area contributed by atoms with E-state index in [0.29, 0.717) is 35.4 Å². The van der Waals surface area contributed by atoms with Gasteiger partial charge in [-0.05, 0) is 36.4 Å². The Morgan fingerprint density at radius 2 is 1.49 bits per heavy atom. The first-order valence-electron chi connectivity index (χ1n) is 19.3. The van der Waals surface area contributed by atoms with E-state index < -0.39 is 5.79 Å². The van der Waals surface area contributed by atoms with E-state index in [-0.39, 0.29) is 6.10 Å². The molecule has 5 rings (SSSR count). The van der Waals surface area contributed by atoms with Gasteiger partial charge in [-0.15, -0.1) is 0 Å². The van der Waals surface area contributed by atoms with E-state index in [1.54, 1.807) is 29.6 Å². The Morgan fingerprint density at radius 3 is 2.00 bits per heavy atom. The largest absolute Gasteiger partial charge is 0.491 e. The summed E-state index contributed by atoms with van der Waals surface area (Å²) in [5, 5.41) is 1.02. The van der Waals surface area contributed by atoms with E-state index in [9.17, 15) is 4.79 Å². The van der Waals surface area contributed by atoms with Gasteiger partial charge in [0.15, 0.2) is 0 Å². The number of carbonyl (C=O) groups excluding carboxylic acids is 1. The maximum atomic E-state index is 10.9. The summed E-state index contributed by atoms with van der Waals surface area (Å²) in [5.41, 5.74) is 1.82. The Labute approximate surface area is 320 Å². The summed E-state index contributed by atoms with van der Waals surface area (Å²) in [6.45, 7) is 24.9. The molecule has 290 valence electrons. The lowest BCUT2D eigenvalue weighted by Gasteiger charge is -2.34. The number of piperazine rings is 1. The molecule has 0 aliphatic carbocycles. The monoisotopic (exact) mass is 750 g/mol. The standard InChI is InChI=1S/C25H26Cl2N4O4.C7H16.C3H8.3C2H6/c26-19-1-6-23(24(27)13-19)25(16-30-8-7-28-17-30)34-15-22(35-25)14-33-21-4-2-20(3-5-21)31-11-9-29(18-32)10-12-31;1-3-5-7-6-4-2;1-3-2;3*1-2/h1-8,13,17-18,22H,9-12,14-16H2;3-7H2,1-2H3;3H2,1-2H3;3*1-2H3. The fourth-order valence-corrected chi connectivity index (χ4v) is 5.63. The van der Waals surface area contributed by atoms with Crippen molar-refractivity contribution in [3.05, 3.63) is 76.8 Å². The van der Waals surface area contributed by atoms with Gasteiger partial charge in [0.1, 0.15) is 18.5 Å². The van der Waals surface area contributed by atoms with E-state index in [1.807, 2.05) is 82.6 Å². The molecule has 0 spiro atoms. The van der Waals surface area contributed by atoms with Crippen LogP contribution >= 0.6 is 23.2 Å². The summed E-state index contributed by atoms with van der Waals surface area (Å²) in [7, 11) is 0. The molecule has 51 heavy (non-hydrogen) atoms. The molecular weight excluding hydrogens is 683 g/mol. The van der Waals surface area contributed by atoms with Crippen LogP contribution in [0.2, 0.25) is 10.0 Å². The van der Waals surface area contributed by atoms with E-state index in [1.165, 1.54) is 38.5 Å². The lowest BCUT2D eigenvalue weighted by atomic mass is 10.1. The van der Waals surface area contributed by atoms with Crippen molar-refractivity contribution in [3.8, 4) is 5.75 Å². The predicted molar refractivity (Wildman–Crippen MR) is 217 cm³/mol. The highest BCUT2D eigenvalue weighted by molar-refractivity contribution is 6.35. The highest BCUT2D eigenvalue weighted by atomic mass is 35.5. The zero-order valence-electron chi connectivity index (χ0n) is 33.3. The normalized spacial score (nSPS) is 17.4. The van der Waals surface area contributed by atoms with Gasteiger partial charge in [0.05, 0.1) is 24.5 Å². The molecule has 0 N–H and O–H groups in total. The van der Waals surface area contributed by atoms with Gasteiger partial charge in [0, 0.05) is 54.8 Å². The van der Waals surface area contributed by atoms with Crippen LogP contribution in [0.1, 0.15) is 113 Å². The van der Waals surface area contributed by atoms with Crippen molar-refractivity contribution in [2.45, 2.75) is 126 Å². The van der Waals surface area contributed by atoms with Gasteiger partial charge in [0.25, 0.3) is 0 Å². The van der Waals surface area contributed by atoms with E-state index >= 15 is 0 Å². The van der Waals surface area contributed by atoms with Crippen molar-refractivity contribution in [1.82, 2.24) is 14.5 Å². The van der Waals surface area contributed by atoms with Crippen molar-refractivity contribution in [1.29, 1.82) is 0 Å². The molecule has 0 saturated carbocycles. The number of hydrogen-bond donors (Lipinski definition) is 0. The van der Waals surface area contributed by atoms with Gasteiger partial charge in [-0.1, -0.05) is 137 Å². The summed E-state index contributed by atoms with van der Waals surface area (Å²) < 4.78 is 20.6. The van der Waals surface area contributed by atoms with Crippen LogP contribution in [0.4, 0.5) is 5.69 Å². The van der Waals surface area contributed by atoms with Crippen LogP contribution in [0, 0.1) is 0 Å². The minimum absolute atomic E-state index is 0.290. The number of halogens is 2. The molecule has 2 aliphatic rings. The number of benzene rings is 2. The van der Waals surface area contributed by atoms with Crippen molar-refractivity contribution in [3.63, 3.8) is 0 Å². The van der Waals surface area contributed by atoms with Crippen molar-refractivity contribution in [2.75, 3.05) is 44.3 Å². The van der Waals surface area contributed by atoms with Gasteiger partial charge in [-0.2, -0.15) is 0 Å². The van der Waals surface area contributed by atoms with Crippen LogP contribution in [0.15, 0.2) is 61.2 Å². The second kappa shape index (κ2) is 29.8. The fraction of sp³-hybridized carbons (Fsp3) is 0.610. The summed E-state index contributed by atoms with van der Waals surface area (Å²) in [6, 6.07) is 13.3. The van der Waals surface area contributed by atoms with Crippen molar-refractivity contribution >= 4 is 35.3 Å². The molecule has 0 bridgehead atoms. The maximum Gasteiger partial charge on any atom is 0.215 e. The smallest absolute Gasteiger partial charge is 0.215 e. The van der Waals surface area contributed by atoms with Crippen molar-refractivity contribution in [2.24, 2.45) is 0 Å². The van der Waals surface area contributed by atoms with Gasteiger partial charge in [0.2, 0.25) is 12.2 Å². The number of imidazole rings is 1. The van der Waals surface area contributed by atoms with Gasteiger partial charge in [-0.3, -0.25) is 4.79 Å². The van der Waals surface area contributed by atoms with Crippen LogP contribution in [0.25, 0.3) is 0 Å². The Balaban J connectivity index is 0.00000134. The average molecular weight is 752 g/mol. The first kappa shape index (κ1) is 48.2. The number of aromatic nitrogens is 2. The topological polar surface area (TPSA) is 69.1 Å². The zero-order chi connectivity index (χ0) is 38.5. The van der Waals surface area contributed by atoms with E-state index in [4.69, 9.17) is 37.4 Å². The van der Waals surface area contributed by atoms with Gasteiger partial charge in [-0.25, -0.2) is 4.98 Å². The Kier molecular flexibility index (Phi) is 28.1. The molecule has 3 aromatic rings. The minimum atomic E-state index is -1.08. The number of ether oxygens (including phenoxy) is 3.